The van der Waals surface area contributed by atoms with Crippen LogP contribution in [0.1, 0.15) is 11.4 Å². The normalized spacial score (nSPS) is 12.6. The van der Waals surface area contributed by atoms with Gasteiger partial charge in [-0.2, -0.15) is 4.80 Å². The summed E-state index contributed by atoms with van der Waals surface area (Å²) in [6.07, 6.45) is 1.82. The number of alkyl halides is 1. The molecule has 1 unspecified atom stereocenters. The minimum atomic E-state index is 0.466. The lowest BCUT2D eigenvalue weighted by Gasteiger charge is -2.13. The Labute approximate surface area is 123 Å². The first-order valence-corrected chi connectivity index (χ1v) is 7.62. The van der Waals surface area contributed by atoms with Gasteiger partial charge in [-0.3, -0.25) is 0 Å². The molecule has 0 amide bonds. The molecule has 96 valence electrons. The largest absolute Gasteiger partial charge is 0.175 e. The number of rotatable bonds is 5. The molecule has 4 nitrogen and oxygen atoms in total. The van der Waals surface area contributed by atoms with Crippen molar-refractivity contribution >= 4 is 31.9 Å². The fraction of sp³-hybridized carbons (Fsp3) is 0.417. The fourth-order valence-electron chi connectivity index (χ4n) is 1.82. The van der Waals surface area contributed by atoms with Gasteiger partial charge in [0.25, 0.3) is 0 Å². The Morgan fingerprint density at radius 1 is 1.28 bits per heavy atom. The quantitative estimate of drug-likeness (QED) is 0.757. The zero-order valence-corrected chi connectivity index (χ0v) is 13.2. The molecule has 1 aromatic heterocycles. The highest BCUT2D eigenvalue weighted by Crippen LogP contribution is 2.21. The lowest BCUT2D eigenvalue weighted by molar-refractivity contribution is 0.565. The smallest absolute Gasteiger partial charge is 0.167 e. The molecule has 1 aromatic carbocycles. The number of nitrogens with zero attached hydrogens (tertiary/aromatic N) is 4. The average Bonchev–Trinajstić information content (AvgIpc) is 2.76. The molecule has 2 aromatic rings. The molecule has 0 radical (unpaired) electrons. The van der Waals surface area contributed by atoms with Gasteiger partial charge in [0.15, 0.2) is 5.82 Å². The van der Waals surface area contributed by atoms with Crippen molar-refractivity contribution in [3.05, 3.63) is 40.1 Å². The monoisotopic (exact) mass is 372 g/mol. The third kappa shape index (κ3) is 3.62. The van der Waals surface area contributed by atoms with Crippen LogP contribution in [-0.2, 0) is 19.9 Å². The highest BCUT2D eigenvalue weighted by atomic mass is 79.9. The van der Waals surface area contributed by atoms with Crippen LogP contribution in [0.3, 0.4) is 0 Å². The fourth-order valence-corrected chi connectivity index (χ4v) is 2.72. The van der Waals surface area contributed by atoms with E-state index in [1.54, 1.807) is 7.05 Å². The summed E-state index contributed by atoms with van der Waals surface area (Å²) >= 11 is 7.14. The standard InChI is InChI=1S/C12H14Br2N4/c1-18-16-12(15-17-18)7-9(8-13)6-10-4-2-3-5-11(10)14/h2-5,9H,6-8H2,1H3. The molecule has 0 aliphatic rings. The summed E-state index contributed by atoms with van der Waals surface area (Å²) in [6, 6.07) is 8.30. The summed E-state index contributed by atoms with van der Waals surface area (Å²) < 4.78 is 1.16. The summed E-state index contributed by atoms with van der Waals surface area (Å²) in [5.74, 6) is 1.27. The zero-order chi connectivity index (χ0) is 13.0. The molecule has 6 heteroatoms. The summed E-state index contributed by atoms with van der Waals surface area (Å²) in [5.41, 5.74) is 1.31. The maximum atomic E-state index is 4.22. The zero-order valence-electron chi connectivity index (χ0n) is 10.1. The molecule has 2 rings (SSSR count). The SMILES string of the molecule is Cn1nnc(CC(CBr)Cc2ccccc2Br)n1. The van der Waals surface area contributed by atoms with Gasteiger partial charge >= 0.3 is 0 Å². The topological polar surface area (TPSA) is 43.6 Å². The van der Waals surface area contributed by atoms with Crippen molar-refractivity contribution < 1.29 is 0 Å². The van der Waals surface area contributed by atoms with Gasteiger partial charge in [-0.15, -0.1) is 10.2 Å². The van der Waals surface area contributed by atoms with E-state index < -0.39 is 0 Å². The summed E-state index contributed by atoms with van der Waals surface area (Å²) in [6.45, 7) is 0. The first-order valence-electron chi connectivity index (χ1n) is 5.71. The van der Waals surface area contributed by atoms with Gasteiger partial charge in [0.1, 0.15) is 0 Å². The summed E-state index contributed by atoms with van der Waals surface area (Å²) in [5, 5.41) is 13.0. The third-order valence-corrected chi connectivity index (χ3v) is 4.39. The molecule has 0 saturated heterocycles. The molecular weight excluding hydrogens is 360 g/mol. The minimum Gasteiger partial charge on any atom is -0.167 e. The molecule has 0 N–H and O–H groups in total. The van der Waals surface area contributed by atoms with E-state index in [1.165, 1.54) is 10.4 Å². The Morgan fingerprint density at radius 3 is 2.67 bits per heavy atom. The second-order valence-electron chi connectivity index (χ2n) is 4.22. The summed E-state index contributed by atoms with van der Waals surface area (Å²) in [4.78, 5) is 1.50. The Balaban J connectivity index is 2.04. The van der Waals surface area contributed by atoms with Gasteiger partial charge in [0.2, 0.25) is 0 Å². The molecule has 1 atom stereocenters. The van der Waals surface area contributed by atoms with Crippen LogP contribution in [0.2, 0.25) is 0 Å². The van der Waals surface area contributed by atoms with Gasteiger partial charge in [-0.1, -0.05) is 50.1 Å². The van der Waals surface area contributed by atoms with E-state index in [2.05, 4.69) is 65.5 Å². The van der Waals surface area contributed by atoms with E-state index in [0.717, 1.165) is 28.5 Å². The minimum absolute atomic E-state index is 0.466. The molecule has 1 heterocycles. The van der Waals surface area contributed by atoms with Gasteiger partial charge in [-0.25, -0.2) is 0 Å². The van der Waals surface area contributed by atoms with Crippen molar-refractivity contribution in [2.75, 3.05) is 5.33 Å². The Morgan fingerprint density at radius 2 is 2.06 bits per heavy atom. The Kier molecular flexibility index (Phi) is 4.88. The van der Waals surface area contributed by atoms with Crippen LogP contribution in [0.15, 0.2) is 28.7 Å². The van der Waals surface area contributed by atoms with Crippen LogP contribution in [0.25, 0.3) is 0 Å². The molecule has 0 bridgehead atoms. The van der Waals surface area contributed by atoms with E-state index in [0.29, 0.717) is 5.92 Å². The summed E-state index contributed by atoms with van der Waals surface area (Å²) in [7, 11) is 1.79. The second kappa shape index (κ2) is 6.43. The van der Waals surface area contributed by atoms with Crippen molar-refractivity contribution in [1.82, 2.24) is 20.2 Å². The molecule has 18 heavy (non-hydrogen) atoms. The average molecular weight is 374 g/mol. The van der Waals surface area contributed by atoms with Gasteiger partial charge in [-0.05, 0) is 29.2 Å². The van der Waals surface area contributed by atoms with Crippen LogP contribution in [-0.4, -0.2) is 25.5 Å². The Bertz CT molecular complexity index is 512. The molecule has 0 spiro atoms. The first kappa shape index (κ1) is 13.7. The molecule has 0 aliphatic heterocycles. The van der Waals surface area contributed by atoms with Crippen LogP contribution >= 0.6 is 31.9 Å². The van der Waals surface area contributed by atoms with Crippen LogP contribution in [0, 0.1) is 5.92 Å². The first-order chi connectivity index (χ1) is 8.69. The number of halogens is 2. The van der Waals surface area contributed by atoms with Crippen molar-refractivity contribution in [3.8, 4) is 0 Å². The van der Waals surface area contributed by atoms with Crippen molar-refractivity contribution in [3.63, 3.8) is 0 Å². The van der Waals surface area contributed by atoms with Crippen molar-refractivity contribution in [2.45, 2.75) is 12.8 Å². The highest BCUT2D eigenvalue weighted by Gasteiger charge is 2.14. The van der Waals surface area contributed by atoms with Crippen molar-refractivity contribution in [1.29, 1.82) is 0 Å². The number of benzene rings is 1. The number of hydrogen-bond donors (Lipinski definition) is 0. The van der Waals surface area contributed by atoms with E-state index in [1.807, 2.05) is 6.07 Å². The van der Waals surface area contributed by atoms with Crippen LogP contribution in [0.4, 0.5) is 0 Å². The third-order valence-electron chi connectivity index (χ3n) is 2.71. The van der Waals surface area contributed by atoms with Gasteiger partial charge in [0.05, 0.1) is 7.05 Å². The van der Waals surface area contributed by atoms with E-state index in [9.17, 15) is 0 Å². The lowest BCUT2D eigenvalue weighted by Crippen LogP contribution is -2.11. The lowest BCUT2D eigenvalue weighted by atomic mass is 9.98. The highest BCUT2D eigenvalue weighted by molar-refractivity contribution is 9.10. The molecule has 0 fully saturated rings. The number of aromatic nitrogens is 4. The van der Waals surface area contributed by atoms with E-state index in [-0.39, 0.29) is 0 Å². The van der Waals surface area contributed by atoms with E-state index >= 15 is 0 Å². The number of tetrazole rings is 1. The molecular formula is C12H14Br2N4. The van der Waals surface area contributed by atoms with Gasteiger partial charge in [0, 0.05) is 16.2 Å². The van der Waals surface area contributed by atoms with Crippen LogP contribution in [0.5, 0.6) is 0 Å². The second-order valence-corrected chi connectivity index (χ2v) is 5.72. The van der Waals surface area contributed by atoms with Crippen molar-refractivity contribution in [2.24, 2.45) is 13.0 Å². The molecule has 0 aliphatic carbocycles. The Hall–Kier alpha value is -0.750. The maximum absolute atomic E-state index is 4.22. The van der Waals surface area contributed by atoms with Crippen LogP contribution < -0.4 is 0 Å². The predicted molar refractivity (Wildman–Crippen MR) is 77.6 cm³/mol. The van der Waals surface area contributed by atoms with E-state index in [4.69, 9.17) is 0 Å². The molecule has 0 saturated carbocycles. The number of aryl methyl sites for hydroxylation is 1. The number of hydrogen-bond acceptors (Lipinski definition) is 3. The maximum Gasteiger partial charge on any atom is 0.175 e. The van der Waals surface area contributed by atoms with Gasteiger partial charge < -0.3 is 0 Å². The predicted octanol–water partition coefficient (Wildman–Crippen LogP) is 2.77.